The molecule has 2 aromatic carbocycles. The number of amides is 2. The number of carbonyl (C=O) groups is 2. The van der Waals surface area contributed by atoms with Gasteiger partial charge in [-0.15, -0.1) is 0 Å². The largest absolute Gasteiger partial charge is 0.329 e. The Labute approximate surface area is 146 Å². The van der Waals surface area contributed by atoms with E-state index in [0.717, 1.165) is 22.9 Å². The zero-order chi connectivity index (χ0) is 17.1. The summed E-state index contributed by atoms with van der Waals surface area (Å²) in [4.78, 5) is 26.5. The van der Waals surface area contributed by atoms with E-state index >= 15 is 0 Å². The van der Waals surface area contributed by atoms with Crippen molar-refractivity contribution < 1.29 is 9.59 Å². The monoisotopic (exact) mass is 343 g/mol. The number of thiol groups is 1. The van der Waals surface area contributed by atoms with E-state index in [9.17, 15) is 9.59 Å². The van der Waals surface area contributed by atoms with Crippen molar-refractivity contribution in [2.45, 2.75) is 24.9 Å². The van der Waals surface area contributed by atoms with Crippen LogP contribution in [0.4, 0.5) is 5.69 Å². The molecule has 0 radical (unpaired) electrons. The summed E-state index contributed by atoms with van der Waals surface area (Å²) in [5.74, 6) is -0.0994. The average Bonchev–Trinajstić information content (AvgIpc) is 3.10. The summed E-state index contributed by atoms with van der Waals surface area (Å²) in [5.41, 5.74) is 6.51. The van der Waals surface area contributed by atoms with Crippen LogP contribution in [-0.2, 0) is 9.59 Å². The van der Waals surface area contributed by atoms with Crippen LogP contribution < -0.4 is 11.1 Å². The van der Waals surface area contributed by atoms with E-state index in [4.69, 9.17) is 5.73 Å². The minimum atomic E-state index is -0.664. The van der Waals surface area contributed by atoms with E-state index in [0.29, 0.717) is 13.0 Å². The van der Waals surface area contributed by atoms with E-state index in [2.05, 4.69) is 17.9 Å². The Bertz CT molecular complexity index is 765. The highest BCUT2D eigenvalue weighted by Gasteiger charge is 2.35. The fraction of sp³-hybridized carbons (Fsp3) is 0.333. The normalized spacial score (nSPS) is 18.6. The Morgan fingerprint density at radius 3 is 2.75 bits per heavy atom. The number of hydrogen-bond donors (Lipinski definition) is 3. The molecule has 1 fully saturated rings. The average molecular weight is 343 g/mol. The molecule has 6 heteroatoms. The first-order valence-corrected chi connectivity index (χ1v) is 8.70. The molecule has 0 saturated carbocycles. The summed E-state index contributed by atoms with van der Waals surface area (Å²) in [6.45, 7) is 0.566. The lowest BCUT2D eigenvalue weighted by molar-refractivity contribution is -0.137. The third-order valence-corrected chi connectivity index (χ3v) is 4.76. The summed E-state index contributed by atoms with van der Waals surface area (Å²) < 4.78 is 0. The minimum absolute atomic E-state index is 0.164. The molecule has 0 spiro atoms. The maximum absolute atomic E-state index is 12.6. The Morgan fingerprint density at radius 1 is 1.25 bits per heavy atom. The van der Waals surface area contributed by atoms with Gasteiger partial charge >= 0.3 is 0 Å². The fourth-order valence-corrected chi connectivity index (χ4v) is 3.24. The summed E-state index contributed by atoms with van der Waals surface area (Å²) in [6.07, 6.45) is 1.46. The van der Waals surface area contributed by atoms with Crippen LogP contribution in [0.3, 0.4) is 0 Å². The fourth-order valence-electron chi connectivity index (χ4n) is 3.09. The third kappa shape index (κ3) is 3.39. The first-order chi connectivity index (χ1) is 11.6. The van der Waals surface area contributed by atoms with Crippen molar-refractivity contribution in [3.05, 3.63) is 42.5 Å². The van der Waals surface area contributed by atoms with Crippen LogP contribution in [0.15, 0.2) is 42.5 Å². The van der Waals surface area contributed by atoms with Gasteiger partial charge in [-0.3, -0.25) is 9.59 Å². The van der Waals surface area contributed by atoms with Gasteiger partial charge in [0.1, 0.15) is 6.04 Å². The molecule has 2 amide bonds. The molecule has 2 atom stereocenters. The van der Waals surface area contributed by atoms with E-state index in [-0.39, 0.29) is 17.6 Å². The molecular weight excluding hydrogens is 322 g/mol. The highest BCUT2D eigenvalue weighted by molar-refractivity contribution is 7.80. The van der Waals surface area contributed by atoms with E-state index in [1.807, 2.05) is 42.5 Å². The number of carbonyl (C=O) groups excluding carboxylic acids is 2. The maximum atomic E-state index is 12.6. The Morgan fingerprint density at radius 2 is 2.00 bits per heavy atom. The lowest BCUT2D eigenvalue weighted by atomic mass is 10.1. The molecule has 126 valence electrons. The number of nitrogens with zero attached hydrogens (tertiary/aromatic N) is 1. The summed E-state index contributed by atoms with van der Waals surface area (Å²) in [7, 11) is 0. The SMILES string of the molecule is N[C@H](CS)C(=O)N1CCC[C@@H]1C(=O)Nc1ccc2ccccc2c1. The lowest BCUT2D eigenvalue weighted by Crippen LogP contribution is -2.50. The van der Waals surface area contributed by atoms with Crippen LogP contribution in [0.25, 0.3) is 10.8 Å². The van der Waals surface area contributed by atoms with Crippen molar-refractivity contribution in [3.8, 4) is 0 Å². The number of rotatable bonds is 4. The van der Waals surface area contributed by atoms with Gasteiger partial charge in [-0.05, 0) is 35.7 Å². The van der Waals surface area contributed by atoms with Gasteiger partial charge in [0.15, 0.2) is 0 Å². The van der Waals surface area contributed by atoms with Crippen LogP contribution in [0.2, 0.25) is 0 Å². The van der Waals surface area contributed by atoms with Crippen LogP contribution in [0.5, 0.6) is 0 Å². The topological polar surface area (TPSA) is 75.4 Å². The number of anilines is 1. The van der Waals surface area contributed by atoms with Gasteiger partial charge in [-0.2, -0.15) is 12.6 Å². The Kier molecular flexibility index (Phi) is 5.06. The van der Waals surface area contributed by atoms with Gasteiger partial charge in [-0.1, -0.05) is 30.3 Å². The van der Waals surface area contributed by atoms with E-state index < -0.39 is 12.1 Å². The molecule has 3 N–H and O–H groups in total. The van der Waals surface area contributed by atoms with Crippen molar-refractivity contribution in [1.82, 2.24) is 4.90 Å². The van der Waals surface area contributed by atoms with Gasteiger partial charge in [-0.25, -0.2) is 0 Å². The Hall–Kier alpha value is -2.05. The van der Waals surface area contributed by atoms with Crippen molar-refractivity contribution in [2.75, 3.05) is 17.6 Å². The van der Waals surface area contributed by atoms with Gasteiger partial charge in [0.25, 0.3) is 0 Å². The zero-order valence-corrected chi connectivity index (χ0v) is 14.2. The van der Waals surface area contributed by atoms with E-state index in [1.54, 1.807) is 4.90 Å². The highest BCUT2D eigenvalue weighted by atomic mass is 32.1. The first-order valence-electron chi connectivity index (χ1n) is 8.07. The predicted molar refractivity (Wildman–Crippen MR) is 99.1 cm³/mol. The number of likely N-dealkylation sites (tertiary alicyclic amines) is 1. The number of benzene rings is 2. The van der Waals surface area contributed by atoms with Gasteiger partial charge in [0, 0.05) is 18.0 Å². The van der Waals surface area contributed by atoms with E-state index in [1.165, 1.54) is 0 Å². The molecule has 0 aromatic heterocycles. The molecule has 1 heterocycles. The van der Waals surface area contributed by atoms with Gasteiger partial charge < -0.3 is 16.0 Å². The zero-order valence-electron chi connectivity index (χ0n) is 13.3. The van der Waals surface area contributed by atoms with Crippen molar-refractivity contribution >= 4 is 40.9 Å². The second-order valence-corrected chi connectivity index (χ2v) is 6.40. The molecule has 3 rings (SSSR count). The summed E-state index contributed by atoms with van der Waals surface area (Å²) in [6, 6.07) is 12.6. The molecule has 0 aliphatic carbocycles. The Balaban J connectivity index is 1.74. The van der Waals surface area contributed by atoms with Crippen LogP contribution in [0.1, 0.15) is 12.8 Å². The van der Waals surface area contributed by atoms with Crippen molar-refractivity contribution in [3.63, 3.8) is 0 Å². The van der Waals surface area contributed by atoms with Crippen LogP contribution in [-0.4, -0.2) is 41.1 Å². The summed E-state index contributed by atoms with van der Waals surface area (Å²) in [5, 5.41) is 5.11. The van der Waals surface area contributed by atoms with Crippen molar-refractivity contribution in [1.29, 1.82) is 0 Å². The molecule has 2 aromatic rings. The molecule has 5 nitrogen and oxygen atoms in total. The van der Waals surface area contributed by atoms with Crippen LogP contribution >= 0.6 is 12.6 Å². The molecule has 1 aliphatic rings. The third-order valence-electron chi connectivity index (χ3n) is 4.37. The second-order valence-electron chi connectivity index (χ2n) is 6.03. The van der Waals surface area contributed by atoms with Crippen LogP contribution in [0, 0.1) is 0 Å². The standard InChI is InChI=1S/C18H21N3O2S/c19-15(11-24)18(23)21-9-3-6-16(21)17(22)20-14-8-7-12-4-1-2-5-13(12)10-14/h1-2,4-5,7-8,10,15-16,24H,3,6,9,11,19H2,(H,20,22)/t15-,16-/m1/s1. The lowest BCUT2D eigenvalue weighted by Gasteiger charge is -2.26. The smallest absolute Gasteiger partial charge is 0.247 e. The van der Waals surface area contributed by atoms with Gasteiger partial charge in [0.2, 0.25) is 11.8 Å². The number of nitrogens with two attached hydrogens (primary N) is 1. The number of fused-ring (bicyclic) bond motifs is 1. The number of nitrogens with one attached hydrogen (secondary N) is 1. The predicted octanol–water partition coefficient (Wildman–Crippen LogP) is 2.03. The highest BCUT2D eigenvalue weighted by Crippen LogP contribution is 2.22. The second kappa shape index (κ2) is 7.23. The summed E-state index contributed by atoms with van der Waals surface area (Å²) >= 11 is 4.07. The molecular formula is C18H21N3O2S. The molecule has 0 unspecified atom stereocenters. The number of hydrogen-bond acceptors (Lipinski definition) is 4. The molecule has 24 heavy (non-hydrogen) atoms. The molecule has 0 bridgehead atoms. The molecule has 1 aliphatic heterocycles. The first kappa shape index (κ1) is 16.8. The van der Waals surface area contributed by atoms with Gasteiger partial charge in [0.05, 0.1) is 6.04 Å². The minimum Gasteiger partial charge on any atom is -0.329 e. The van der Waals surface area contributed by atoms with Crippen molar-refractivity contribution in [2.24, 2.45) is 5.73 Å². The maximum Gasteiger partial charge on any atom is 0.247 e. The molecule has 1 saturated heterocycles. The quantitative estimate of drug-likeness (QED) is 0.744.